The Morgan fingerprint density at radius 3 is 2.56 bits per heavy atom. The van der Waals surface area contributed by atoms with Crippen molar-refractivity contribution in [2.24, 2.45) is 0 Å². The summed E-state index contributed by atoms with van der Waals surface area (Å²) in [5, 5.41) is 4.87. The molecule has 1 aromatic heterocycles. The minimum absolute atomic E-state index is 0.130. The third-order valence-corrected chi connectivity index (χ3v) is 4.42. The predicted molar refractivity (Wildman–Crippen MR) is 105 cm³/mol. The number of halogens is 1. The van der Waals surface area contributed by atoms with Gasteiger partial charge in [0.15, 0.2) is 0 Å². The highest BCUT2D eigenvalue weighted by Crippen LogP contribution is 2.20. The van der Waals surface area contributed by atoms with Gasteiger partial charge in [-0.15, -0.1) is 5.10 Å². The van der Waals surface area contributed by atoms with Gasteiger partial charge in [0.1, 0.15) is 18.2 Å². The molecule has 140 valence electrons. The molecule has 0 aliphatic rings. The first-order valence-corrected chi connectivity index (χ1v) is 8.97. The van der Waals surface area contributed by atoms with Gasteiger partial charge in [-0.25, -0.2) is 9.67 Å². The smallest absolute Gasteiger partial charge is 0.293 e. The molecular formula is C20H21ClN4O2. The number of aromatic nitrogens is 3. The summed E-state index contributed by atoms with van der Waals surface area (Å²) in [5.41, 5.74) is 1.86. The second-order valence-electron chi connectivity index (χ2n) is 6.23. The first-order valence-electron chi connectivity index (χ1n) is 8.59. The van der Waals surface area contributed by atoms with Gasteiger partial charge in [-0.2, -0.15) is 0 Å². The molecule has 0 radical (unpaired) electrons. The first kappa shape index (κ1) is 18.9. The average molecular weight is 385 g/mol. The number of aryl methyl sites for hydroxylation is 2. The molecule has 6 nitrogen and oxygen atoms in total. The summed E-state index contributed by atoms with van der Waals surface area (Å²) in [5.74, 6) is 1.23. The molecule has 7 heteroatoms. The summed E-state index contributed by atoms with van der Waals surface area (Å²) in [6, 6.07) is 15.1. The standard InChI is InChI=1S/C20H21ClN4O2/c1-14-8-10-16(11-9-14)27-13-12-24(3)20(26)19-22-15(2)25(23-19)18-7-5-4-6-17(18)21/h4-11H,12-13H2,1-3H3. The first-order chi connectivity index (χ1) is 13.0. The zero-order chi connectivity index (χ0) is 19.4. The lowest BCUT2D eigenvalue weighted by Gasteiger charge is -2.15. The van der Waals surface area contributed by atoms with E-state index in [0.717, 1.165) is 5.75 Å². The van der Waals surface area contributed by atoms with Gasteiger partial charge < -0.3 is 9.64 Å². The lowest BCUT2D eigenvalue weighted by atomic mass is 10.2. The van der Waals surface area contributed by atoms with Crippen LogP contribution in [0.4, 0.5) is 0 Å². The Labute approximate surface area is 163 Å². The van der Waals surface area contributed by atoms with Crippen molar-refractivity contribution in [3.63, 3.8) is 0 Å². The predicted octanol–water partition coefficient (Wildman–Crippen LogP) is 3.69. The average Bonchev–Trinajstić information content (AvgIpc) is 3.04. The molecule has 0 unspecified atom stereocenters. The van der Waals surface area contributed by atoms with Crippen LogP contribution in [-0.4, -0.2) is 45.8 Å². The summed E-state index contributed by atoms with van der Waals surface area (Å²) in [6.45, 7) is 4.61. The van der Waals surface area contributed by atoms with Crippen molar-refractivity contribution in [2.45, 2.75) is 13.8 Å². The van der Waals surface area contributed by atoms with Gasteiger partial charge >= 0.3 is 0 Å². The fourth-order valence-corrected chi connectivity index (χ4v) is 2.76. The lowest BCUT2D eigenvalue weighted by Crippen LogP contribution is -2.31. The van der Waals surface area contributed by atoms with Crippen molar-refractivity contribution in [1.29, 1.82) is 0 Å². The minimum Gasteiger partial charge on any atom is -0.492 e. The number of carbonyl (C=O) groups is 1. The van der Waals surface area contributed by atoms with Gasteiger partial charge in [0, 0.05) is 7.05 Å². The number of ether oxygens (including phenoxy) is 1. The van der Waals surface area contributed by atoms with Crippen LogP contribution in [0.5, 0.6) is 5.75 Å². The lowest BCUT2D eigenvalue weighted by molar-refractivity contribution is 0.0762. The van der Waals surface area contributed by atoms with Crippen LogP contribution in [0.15, 0.2) is 48.5 Å². The normalized spacial score (nSPS) is 10.7. The topological polar surface area (TPSA) is 60.2 Å². The maximum Gasteiger partial charge on any atom is 0.293 e. The Morgan fingerprint density at radius 2 is 1.85 bits per heavy atom. The van der Waals surface area contributed by atoms with Crippen LogP contribution in [0.2, 0.25) is 5.02 Å². The molecule has 0 fully saturated rings. The second kappa shape index (κ2) is 8.22. The molecule has 1 heterocycles. The maximum atomic E-state index is 12.6. The monoisotopic (exact) mass is 384 g/mol. The second-order valence-corrected chi connectivity index (χ2v) is 6.64. The third kappa shape index (κ3) is 4.46. The molecule has 27 heavy (non-hydrogen) atoms. The Kier molecular flexibility index (Phi) is 5.76. The number of amides is 1. The SMILES string of the molecule is Cc1ccc(OCCN(C)C(=O)c2nc(C)n(-c3ccccc3Cl)n2)cc1. The van der Waals surface area contributed by atoms with E-state index in [1.54, 1.807) is 29.6 Å². The fourth-order valence-electron chi connectivity index (χ4n) is 2.54. The van der Waals surface area contributed by atoms with E-state index in [2.05, 4.69) is 10.1 Å². The van der Waals surface area contributed by atoms with Gasteiger partial charge in [-0.05, 0) is 38.1 Å². The number of carbonyl (C=O) groups excluding carboxylic acids is 1. The van der Waals surface area contributed by atoms with Crippen LogP contribution >= 0.6 is 11.6 Å². The van der Waals surface area contributed by atoms with Crippen molar-refractivity contribution in [3.05, 3.63) is 70.8 Å². The van der Waals surface area contributed by atoms with E-state index >= 15 is 0 Å². The molecule has 0 bridgehead atoms. The Morgan fingerprint density at radius 1 is 1.15 bits per heavy atom. The fraction of sp³-hybridized carbons (Fsp3) is 0.250. The Hall–Kier alpha value is -2.86. The van der Waals surface area contributed by atoms with Gasteiger partial charge in [-0.3, -0.25) is 4.79 Å². The van der Waals surface area contributed by atoms with Crippen molar-refractivity contribution in [1.82, 2.24) is 19.7 Å². The van der Waals surface area contributed by atoms with Gasteiger partial charge in [0.25, 0.3) is 5.91 Å². The molecule has 3 aromatic rings. The molecular weight excluding hydrogens is 364 g/mol. The molecule has 0 N–H and O–H groups in total. The third-order valence-electron chi connectivity index (χ3n) is 4.10. The molecule has 0 aliphatic carbocycles. The van der Waals surface area contributed by atoms with E-state index < -0.39 is 0 Å². The van der Waals surface area contributed by atoms with E-state index in [9.17, 15) is 4.79 Å². The van der Waals surface area contributed by atoms with Crippen LogP contribution in [0, 0.1) is 13.8 Å². The number of hydrogen-bond acceptors (Lipinski definition) is 4. The molecule has 0 aliphatic heterocycles. The van der Waals surface area contributed by atoms with Gasteiger partial charge in [0.05, 0.1) is 17.3 Å². The summed E-state index contributed by atoms with van der Waals surface area (Å²) in [7, 11) is 1.70. The largest absolute Gasteiger partial charge is 0.492 e. The van der Waals surface area contributed by atoms with Gasteiger partial charge in [-0.1, -0.05) is 41.4 Å². The number of nitrogens with zero attached hydrogens (tertiary/aromatic N) is 4. The molecule has 0 spiro atoms. The zero-order valence-corrected chi connectivity index (χ0v) is 16.3. The van der Waals surface area contributed by atoms with Crippen molar-refractivity contribution in [3.8, 4) is 11.4 Å². The molecule has 3 rings (SSSR count). The highest BCUT2D eigenvalue weighted by atomic mass is 35.5. The van der Waals surface area contributed by atoms with Crippen LogP contribution < -0.4 is 4.74 Å². The Bertz CT molecular complexity index is 937. The van der Waals surface area contributed by atoms with Crippen LogP contribution in [0.25, 0.3) is 5.69 Å². The Balaban J connectivity index is 1.64. The highest BCUT2D eigenvalue weighted by Gasteiger charge is 2.19. The summed E-state index contributed by atoms with van der Waals surface area (Å²) < 4.78 is 7.25. The van der Waals surface area contributed by atoms with Crippen molar-refractivity contribution >= 4 is 17.5 Å². The van der Waals surface area contributed by atoms with E-state index in [-0.39, 0.29) is 11.7 Å². The molecule has 0 saturated carbocycles. The van der Waals surface area contributed by atoms with Crippen molar-refractivity contribution in [2.75, 3.05) is 20.2 Å². The maximum absolute atomic E-state index is 12.6. The number of rotatable bonds is 6. The summed E-state index contributed by atoms with van der Waals surface area (Å²) in [6.07, 6.45) is 0. The summed E-state index contributed by atoms with van der Waals surface area (Å²) >= 11 is 6.22. The minimum atomic E-state index is -0.267. The highest BCUT2D eigenvalue weighted by molar-refractivity contribution is 6.32. The quantitative estimate of drug-likeness (QED) is 0.650. The van der Waals surface area contributed by atoms with Crippen LogP contribution in [-0.2, 0) is 0 Å². The molecule has 0 atom stereocenters. The molecule has 2 aromatic carbocycles. The van der Waals surface area contributed by atoms with E-state index in [1.165, 1.54) is 5.56 Å². The number of benzene rings is 2. The van der Waals surface area contributed by atoms with E-state index in [4.69, 9.17) is 16.3 Å². The van der Waals surface area contributed by atoms with E-state index in [0.29, 0.717) is 29.7 Å². The molecule has 0 saturated heterocycles. The number of likely N-dealkylation sites (N-methyl/N-ethyl adjacent to an activating group) is 1. The summed E-state index contributed by atoms with van der Waals surface area (Å²) in [4.78, 5) is 18.4. The zero-order valence-electron chi connectivity index (χ0n) is 15.5. The van der Waals surface area contributed by atoms with Crippen LogP contribution in [0.3, 0.4) is 0 Å². The molecule has 1 amide bonds. The van der Waals surface area contributed by atoms with Gasteiger partial charge in [0.2, 0.25) is 5.82 Å². The van der Waals surface area contributed by atoms with Crippen LogP contribution in [0.1, 0.15) is 22.0 Å². The van der Waals surface area contributed by atoms with Crippen molar-refractivity contribution < 1.29 is 9.53 Å². The van der Waals surface area contributed by atoms with E-state index in [1.807, 2.05) is 49.4 Å². The number of para-hydroxylation sites is 1. The number of hydrogen-bond donors (Lipinski definition) is 0.